The second-order valence-corrected chi connectivity index (χ2v) is 6.82. The Morgan fingerprint density at radius 1 is 1.10 bits per heavy atom. The minimum atomic E-state index is -4.60. The predicted molar refractivity (Wildman–Crippen MR) is 99.4 cm³/mol. The van der Waals surface area contributed by atoms with Gasteiger partial charge in [-0.05, 0) is 18.2 Å². The zero-order valence-electron chi connectivity index (χ0n) is 14.4. The molecule has 0 saturated heterocycles. The number of rotatable bonds is 4. The van der Waals surface area contributed by atoms with Crippen LogP contribution in [0.25, 0.3) is 21.5 Å². The van der Waals surface area contributed by atoms with E-state index in [1.807, 2.05) is 0 Å². The van der Waals surface area contributed by atoms with Crippen LogP contribution in [-0.4, -0.2) is 19.9 Å². The fourth-order valence-corrected chi connectivity index (χ4v) is 3.44. The summed E-state index contributed by atoms with van der Waals surface area (Å²) in [7, 11) is 0. The first kappa shape index (κ1) is 20.7. The van der Waals surface area contributed by atoms with E-state index >= 15 is 0 Å². The van der Waals surface area contributed by atoms with Crippen molar-refractivity contribution in [1.29, 1.82) is 5.26 Å². The van der Waals surface area contributed by atoms with Crippen LogP contribution in [0, 0.1) is 31.6 Å². The molecular weight excluding hydrogens is 429 g/mol. The third kappa shape index (κ3) is 3.89. The molecule has 0 spiro atoms. The van der Waals surface area contributed by atoms with Gasteiger partial charge < -0.3 is 5.11 Å². The number of halogens is 3. The van der Waals surface area contributed by atoms with Crippen molar-refractivity contribution in [2.45, 2.75) is 6.18 Å². The number of nitro groups is 2. The number of allylic oxidation sites excluding steroid dienone is 1. The summed E-state index contributed by atoms with van der Waals surface area (Å²) in [4.78, 5) is 24.1. The van der Waals surface area contributed by atoms with Crippen LogP contribution in [0.4, 0.5) is 24.5 Å². The van der Waals surface area contributed by atoms with E-state index in [0.717, 1.165) is 41.7 Å². The monoisotopic (exact) mass is 436 g/mol. The number of nitriles is 1. The average Bonchev–Trinajstić information content (AvgIpc) is 3.10. The van der Waals surface area contributed by atoms with E-state index in [0.29, 0.717) is 10.8 Å². The van der Waals surface area contributed by atoms with Gasteiger partial charge in [-0.3, -0.25) is 20.2 Å². The number of aliphatic hydroxyl groups excluding tert-OH is 1. The van der Waals surface area contributed by atoms with Crippen LogP contribution >= 0.6 is 11.3 Å². The van der Waals surface area contributed by atoms with Crippen LogP contribution in [0.15, 0.2) is 36.4 Å². The highest BCUT2D eigenvalue weighted by Gasteiger charge is 2.31. The molecule has 3 rings (SSSR count). The Balaban J connectivity index is 2.18. The van der Waals surface area contributed by atoms with Gasteiger partial charge in [0.25, 0.3) is 11.4 Å². The molecule has 0 aliphatic rings. The molecule has 1 heterocycles. The smallest absolute Gasteiger partial charge is 0.416 e. The number of hydrogen-bond donors (Lipinski definition) is 1. The van der Waals surface area contributed by atoms with Gasteiger partial charge in [-0.2, -0.15) is 18.4 Å². The standard InChI is InChI=1S/C17H7F3N4O5S/c18-17(19,20)9-1-2-14-13(5-9)22-16(30-14)12(7-21)15(25)8-3-10(23(26)27)6-11(4-8)24(28)29/h1-6,25H. The fourth-order valence-electron chi connectivity index (χ4n) is 2.50. The quantitative estimate of drug-likeness (QED) is 0.260. The molecule has 2 aromatic carbocycles. The first-order valence-electron chi connectivity index (χ1n) is 7.77. The Hall–Kier alpha value is -4.05. The number of aliphatic hydroxyl groups is 1. The van der Waals surface area contributed by atoms with Crippen LogP contribution in [0.3, 0.4) is 0 Å². The van der Waals surface area contributed by atoms with Crippen molar-refractivity contribution in [2.24, 2.45) is 0 Å². The van der Waals surface area contributed by atoms with E-state index in [2.05, 4.69) is 4.98 Å². The summed E-state index contributed by atoms with van der Waals surface area (Å²) < 4.78 is 38.9. The molecule has 0 radical (unpaired) electrons. The summed E-state index contributed by atoms with van der Waals surface area (Å²) in [6, 6.07) is 6.74. The van der Waals surface area contributed by atoms with Gasteiger partial charge in [0.2, 0.25) is 0 Å². The van der Waals surface area contributed by atoms with Crippen molar-refractivity contribution in [3.63, 3.8) is 0 Å². The number of thiazole rings is 1. The van der Waals surface area contributed by atoms with E-state index in [1.54, 1.807) is 6.07 Å². The molecule has 0 fully saturated rings. The minimum absolute atomic E-state index is 0.0737. The normalized spacial score (nSPS) is 12.3. The molecular formula is C17H7F3N4O5S. The highest BCUT2D eigenvalue weighted by atomic mass is 32.1. The van der Waals surface area contributed by atoms with E-state index < -0.39 is 44.3 Å². The van der Waals surface area contributed by atoms with Gasteiger partial charge in [-0.25, -0.2) is 4.98 Å². The predicted octanol–water partition coefficient (Wildman–Crippen LogP) is 5.08. The summed E-state index contributed by atoms with van der Waals surface area (Å²) in [6.07, 6.45) is -4.60. The van der Waals surface area contributed by atoms with E-state index in [-0.39, 0.29) is 16.1 Å². The first-order valence-corrected chi connectivity index (χ1v) is 8.58. The molecule has 30 heavy (non-hydrogen) atoms. The van der Waals surface area contributed by atoms with Crippen LogP contribution in [-0.2, 0) is 6.18 Å². The summed E-state index contributed by atoms with van der Waals surface area (Å²) in [5, 5.41) is 41.7. The topological polar surface area (TPSA) is 143 Å². The molecule has 0 unspecified atom stereocenters. The molecule has 0 saturated carbocycles. The lowest BCUT2D eigenvalue weighted by Crippen LogP contribution is -2.03. The van der Waals surface area contributed by atoms with Gasteiger partial charge in [0.05, 0.1) is 31.7 Å². The molecule has 1 aromatic heterocycles. The van der Waals surface area contributed by atoms with Gasteiger partial charge in [0.1, 0.15) is 22.4 Å². The third-order valence-corrected chi connectivity index (χ3v) is 4.93. The van der Waals surface area contributed by atoms with Gasteiger partial charge in [-0.1, -0.05) is 0 Å². The second kappa shape index (κ2) is 7.41. The maximum Gasteiger partial charge on any atom is 0.416 e. The Morgan fingerprint density at radius 2 is 1.70 bits per heavy atom. The lowest BCUT2D eigenvalue weighted by atomic mass is 10.1. The molecule has 3 aromatic rings. The molecule has 0 atom stereocenters. The number of hydrogen-bond acceptors (Lipinski definition) is 8. The molecule has 9 nitrogen and oxygen atoms in total. The summed E-state index contributed by atoms with van der Waals surface area (Å²) in [6.45, 7) is 0. The van der Waals surface area contributed by atoms with Crippen LogP contribution in [0.5, 0.6) is 0 Å². The SMILES string of the molecule is N#CC(=C(O)c1cc([N+](=O)[O-])cc([N+](=O)[O-])c1)c1nc2cc(C(F)(F)F)ccc2s1. The van der Waals surface area contributed by atoms with Gasteiger partial charge in [0.15, 0.2) is 0 Å². The number of non-ortho nitro benzene ring substituents is 2. The van der Waals surface area contributed by atoms with E-state index in [1.165, 1.54) is 0 Å². The summed E-state index contributed by atoms with van der Waals surface area (Å²) in [5.41, 5.74) is -3.30. The lowest BCUT2D eigenvalue weighted by molar-refractivity contribution is -0.394. The van der Waals surface area contributed by atoms with Crippen molar-refractivity contribution in [1.82, 2.24) is 4.98 Å². The number of benzene rings is 2. The Morgan fingerprint density at radius 3 is 2.20 bits per heavy atom. The fraction of sp³-hybridized carbons (Fsp3) is 0.0588. The number of aromatic nitrogens is 1. The average molecular weight is 436 g/mol. The molecule has 1 N–H and O–H groups in total. The number of nitrogens with zero attached hydrogens (tertiary/aromatic N) is 4. The first-order chi connectivity index (χ1) is 14.0. The van der Waals surface area contributed by atoms with Crippen molar-refractivity contribution < 1.29 is 28.1 Å². The molecule has 0 aliphatic heterocycles. The summed E-state index contributed by atoms with van der Waals surface area (Å²) >= 11 is 0.807. The van der Waals surface area contributed by atoms with Gasteiger partial charge in [-0.15, -0.1) is 11.3 Å². The molecule has 152 valence electrons. The summed E-state index contributed by atoms with van der Waals surface area (Å²) in [5.74, 6) is -0.834. The maximum absolute atomic E-state index is 12.9. The highest BCUT2D eigenvalue weighted by molar-refractivity contribution is 7.19. The number of alkyl halides is 3. The Labute approximate surface area is 168 Å². The van der Waals surface area contributed by atoms with Crippen molar-refractivity contribution in [3.05, 3.63) is 72.8 Å². The van der Waals surface area contributed by atoms with Crippen molar-refractivity contribution >= 4 is 44.3 Å². The largest absolute Gasteiger partial charge is 0.506 e. The van der Waals surface area contributed by atoms with Gasteiger partial charge >= 0.3 is 6.18 Å². The molecule has 0 amide bonds. The van der Waals surface area contributed by atoms with Crippen LogP contribution in [0.1, 0.15) is 16.1 Å². The Bertz CT molecular complexity index is 1240. The highest BCUT2D eigenvalue weighted by Crippen LogP contribution is 2.36. The second-order valence-electron chi connectivity index (χ2n) is 5.79. The van der Waals surface area contributed by atoms with Crippen molar-refractivity contribution in [2.75, 3.05) is 0 Å². The maximum atomic E-state index is 12.9. The third-order valence-electron chi connectivity index (χ3n) is 3.87. The van der Waals surface area contributed by atoms with Crippen LogP contribution in [0.2, 0.25) is 0 Å². The molecule has 0 aliphatic carbocycles. The zero-order valence-corrected chi connectivity index (χ0v) is 15.2. The van der Waals surface area contributed by atoms with Gasteiger partial charge in [0, 0.05) is 17.7 Å². The number of fused-ring (bicyclic) bond motifs is 1. The molecule has 13 heteroatoms. The lowest BCUT2D eigenvalue weighted by Gasteiger charge is -2.04. The Kier molecular flexibility index (Phi) is 5.11. The van der Waals surface area contributed by atoms with E-state index in [4.69, 9.17) is 0 Å². The van der Waals surface area contributed by atoms with Crippen molar-refractivity contribution in [3.8, 4) is 6.07 Å². The zero-order chi connectivity index (χ0) is 22.2. The number of nitro benzene ring substituents is 2. The minimum Gasteiger partial charge on any atom is -0.506 e. The molecule has 0 bridgehead atoms. The van der Waals surface area contributed by atoms with E-state index in [9.17, 15) is 43.8 Å². The van der Waals surface area contributed by atoms with Crippen LogP contribution < -0.4 is 0 Å².